The van der Waals surface area contributed by atoms with Crippen LogP contribution in [0.3, 0.4) is 0 Å². The van der Waals surface area contributed by atoms with Crippen LogP contribution in [0, 0.1) is 0 Å². The van der Waals surface area contributed by atoms with Crippen LogP contribution in [-0.4, -0.2) is 56.4 Å². The predicted molar refractivity (Wildman–Crippen MR) is 101 cm³/mol. The van der Waals surface area contributed by atoms with Gasteiger partial charge in [0.25, 0.3) is 0 Å². The molecule has 0 radical (unpaired) electrons. The maximum atomic E-state index is 10.5. The molecule has 0 amide bonds. The summed E-state index contributed by atoms with van der Waals surface area (Å²) in [6.07, 6.45) is 3.94. The molecule has 1 aromatic rings. The van der Waals surface area contributed by atoms with E-state index in [0.29, 0.717) is 24.1 Å². The first-order chi connectivity index (χ1) is 12.0. The standard InChI is InChI=1S/C20H32N2O3/c1-15(2)5-8-22-9-6-17(7-10-22)21-14-20(23)16-11-18(24-3)13-19(12-16)25-4/h5,11-13,17,20-21,23H,6-10,14H2,1-4H3. The highest BCUT2D eigenvalue weighted by molar-refractivity contribution is 5.39. The molecule has 0 saturated carbocycles. The number of nitrogens with one attached hydrogen (secondary N) is 1. The highest BCUT2D eigenvalue weighted by Gasteiger charge is 2.19. The Labute approximate surface area is 151 Å². The van der Waals surface area contributed by atoms with Gasteiger partial charge in [0.1, 0.15) is 11.5 Å². The molecule has 0 aliphatic carbocycles. The number of hydrogen-bond donors (Lipinski definition) is 2. The number of likely N-dealkylation sites (tertiary alicyclic amines) is 1. The first-order valence-electron chi connectivity index (χ1n) is 9.02. The molecule has 1 unspecified atom stereocenters. The number of allylic oxidation sites excluding steroid dienone is 1. The average molecular weight is 348 g/mol. The van der Waals surface area contributed by atoms with Gasteiger partial charge in [-0.2, -0.15) is 0 Å². The van der Waals surface area contributed by atoms with Crippen LogP contribution in [0.2, 0.25) is 0 Å². The van der Waals surface area contributed by atoms with E-state index in [2.05, 4.69) is 30.1 Å². The van der Waals surface area contributed by atoms with Gasteiger partial charge in [-0.25, -0.2) is 0 Å². The van der Waals surface area contributed by atoms with Gasteiger partial charge >= 0.3 is 0 Å². The van der Waals surface area contributed by atoms with Gasteiger partial charge in [0.2, 0.25) is 0 Å². The molecule has 140 valence electrons. The lowest BCUT2D eigenvalue weighted by atomic mass is 10.0. The maximum absolute atomic E-state index is 10.5. The van der Waals surface area contributed by atoms with Crippen molar-refractivity contribution < 1.29 is 14.6 Å². The fourth-order valence-electron chi connectivity index (χ4n) is 3.05. The minimum absolute atomic E-state index is 0.463. The van der Waals surface area contributed by atoms with E-state index in [1.807, 2.05) is 18.2 Å². The Morgan fingerprint density at radius 3 is 2.32 bits per heavy atom. The normalized spacial score (nSPS) is 17.2. The molecule has 5 heteroatoms. The molecule has 1 aliphatic rings. The molecule has 1 heterocycles. The average Bonchev–Trinajstić information content (AvgIpc) is 2.64. The first-order valence-corrected chi connectivity index (χ1v) is 9.02. The van der Waals surface area contributed by atoms with Crippen LogP contribution in [-0.2, 0) is 0 Å². The quantitative estimate of drug-likeness (QED) is 0.708. The van der Waals surface area contributed by atoms with Crippen LogP contribution < -0.4 is 14.8 Å². The van der Waals surface area contributed by atoms with E-state index < -0.39 is 6.10 Å². The van der Waals surface area contributed by atoms with Crippen molar-refractivity contribution in [3.63, 3.8) is 0 Å². The van der Waals surface area contributed by atoms with Crippen molar-refractivity contribution in [3.8, 4) is 11.5 Å². The number of aliphatic hydroxyl groups is 1. The molecule has 0 spiro atoms. The third kappa shape index (κ3) is 6.34. The number of nitrogens with zero attached hydrogens (tertiary/aromatic N) is 1. The predicted octanol–water partition coefficient (Wildman–Crippen LogP) is 2.76. The van der Waals surface area contributed by atoms with Gasteiger partial charge in [-0.1, -0.05) is 11.6 Å². The fourth-order valence-corrected chi connectivity index (χ4v) is 3.05. The Kier molecular flexibility index (Phi) is 7.75. The number of piperidine rings is 1. The van der Waals surface area contributed by atoms with Crippen molar-refractivity contribution >= 4 is 0 Å². The van der Waals surface area contributed by atoms with E-state index in [1.165, 1.54) is 5.57 Å². The highest BCUT2D eigenvalue weighted by Crippen LogP contribution is 2.26. The van der Waals surface area contributed by atoms with Crippen LogP contribution in [0.15, 0.2) is 29.8 Å². The maximum Gasteiger partial charge on any atom is 0.122 e. The Balaban J connectivity index is 1.81. The Morgan fingerprint density at radius 2 is 1.80 bits per heavy atom. The molecule has 1 aromatic carbocycles. The van der Waals surface area contributed by atoms with Crippen molar-refractivity contribution in [3.05, 3.63) is 35.4 Å². The Morgan fingerprint density at radius 1 is 1.20 bits per heavy atom. The van der Waals surface area contributed by atoms with Crippen LogP contribution in [0.25, 0.3) is 0 Å². The number of hydrogen-bond acceptors (Lipinski definition) is 5. The Hall–Kier alpha value is -1.56. The van der Waals surface area contributed by atoms with Gasteiger partial charge in [0.15, 0.2) is 0 Å². The summed E-state index contributed by atoms with van der Waals surface area (Å²) in [4.78, 5) is 2.48. The molecular formula is C20H32N2O3. The highest BCUT2D eigenvalue weighted by atomic mass is 16.5. The molecule has 25 heavy (non-hydrogen) atoms. The Bertz CT molecular complexity index is 540. The third-order valence-electron chi connectivity index (χ3n) is 4.70. The lowest BCUT2D eigenvalue weighted by molar-refractivity contribution is 0.154. The lowest BCUT2D eigenvalue weighted by Crippen LogP contribution is -2.43. The van der Waals surface area contributed by atoms with E-state index in [-0.39, 0.29) is 0 Å². The number of rotatable bonds is 8. The largest absolute Gasteiger partial charge is 0.497 e. The van der Waals surface area contributed by atoms with Crippen LogP contribution in [0.1, 0.15) is 38.4 Å². The molecule has 1 fully saturated rings. The van der Waals surface area contributed by atoms with E-state index in [9.17, 15) is 5.11 Å². The summed E-state index contributed by atoms with van der Waals surface area (Å²) in [5.41, 5.74) is 2.18. The third-order valence-corrected chi connectivity index (χ3v) is 4.70. The van der Waals surface area contributed by atoms with E-state index in [0.717, 1.165) is 38.0 Å². The molecule has 1 atom stereocenters. The van der Waals surface area contributed by atoms with Crippen molar-refractivity contribution in [2.24, 2.45) is 0 Å². The van der Waals surface area contributed by atoms with E-state index in [1.54, 1.807) is 14.2 Å². The van der Waals surface area contributed by atoms with Gasteiger partial charge in [-0.05, 0) is 57.5 Å². The summed E-state index contributed by atoms with van der Waals surface area (Å²) in [5.74, 6) is 1.39. The van der Waals surface area contributed by atoms with Crippen LogP contribution in [0.5, 0.6) is 11.5 Å². The zero-order chi connectivity index (χ0) is 18.2. The van der Waals surface area contributed by atoms with Gasteiger partial charge in [-0.3, -0.25) is 4.90 Å². The molecule has 0 bridgehead atoms. The van der Waals surface area contributed by atoms with E-state index in [4.69, 9.17) is 9.47 Å². The molecule has 5 nitrogen and oxygen atoms in total. The minimum atomic E-state index is -0.576. The van der Waals surface area contributed by atoms with Gasteiger partial charge in [-0.15, -0.1) is 0 Å². The second kappa shape index (κ2) is 9.80. The molecule has 2 rings (SSSR count). The number of benzene rings is 1. The molecule has 2 N–H and O–H groups in total. The summed E-state index contributed by atoms with van der Waals surface area (Å²) in [7, 11) is 3.23. The number of ether oxygens (including phenoxy) is 2. The lowest BCUT2D eigenvalue weighted by Gasteiger charge is -2.32. The summed E-state index contributed by atoms with van der Waals surface area (Å²) in [5, 5.41) is 14.0. The fraction of sp³-hybridized carbons (Fsp3) is 0.600. The van der Waals surface area contributed by atoms with Crippen molar-refractivity contribution in [2.45, 2.75) is 38.8 Å². The van der Waals surface area contributed by atoms with E-state index >= 15 is 0 Å². The topological polar surface area (TPSA) is 54.0 Å². The monoisotopic (exact) mass is 348 g/mol. The molecule has 1 saturated heterocycles. The molecular weight excluding hydrogens is 316 g/mol. The summed E-state index contributed by atoms with van der Waals surface area (Å²) >= 11 is 0. The smallest absolute Gasteiger partial charge is 0.122 e. The number of aliphatic hydroxyl groups excluding tert-OH is 1. The SMILES string of the molecule is COc1cc(OC)cc(C(O)CNC2CCN(CC=C(C)C)CC2)c1. The van der Waals surface area contributed by atoms with Crippen molar-refractivity contribution in [1.29, 1.82) is 0 Å². The summed E-state index contributed by atoms with van der Waals surface area (Å²) < 4.78 is 10.5. The van der Waals surface area contributed by atoms with Gasteiger partial charge in [0.05, 0.1) is 20.3 Å². The zero-order valence-corrected chi connectivity index (χ0v) is 15.9. The summed E-state index contributed by atoms with van der Waals surface area (Å²) in [6.45, 7) is 8.07. The number of methoxy groups -OCH3 is 2. The molecule has 1 aliphatic heterocycles. The summed E-state index contributed by atoms with van der Waals surface area (Å²) in [6, 6.07) is 5.99. The minimum Gasteiger partial charge on any atom is -0.497 e. The zero-order valence-electron chi connectivity index (χ0n) is 15.9. The van der Waals surface area contributed by atoms with Crippen molar-refractivity contribution in [1.82, 2.24) is 10.2 Å². The van der Waals surface area contributed by atoms with Crippen molar-refractivity contribution in [2.75, 3.05) is 40.4 Å². The second-order valence-corrected chi connectivity index (χ2v) is 6.93. The van der Waals surface area contributed by atoms with Crippen LogP contribution >= 0.6 is 0 Å². The first kappa shape index (κ1) is 19.8. The van der Waals surface area contributed by atoms with Gasteiger partial charge < -0.3 is 19.9 Å². The second-order valence-electron chi connectivity index (χ2n) is 6.93. The van der Waals surface area contributed by atoms with Gasteiger partial charge in [0, 0.05) is 25.2 Å². The molecule has 0 aromatic heterocycles. The van der Waals surface area contributed by atoms with Crippen LogP contribution in [0.4, 0.5) is 0 Å².